The minimum atomic E-state index is -0.623. The fraction of sp³-hybridized carbons (Fsp3) is 0.786. The van der Waals surface area contributed by atoms with E-state index in [-0.39, 0.29) is 41.5 Å². The van der Waals surface area contributed by atoms with Gasteiger partial charge in [0.15, 0.2) is 12.1 Å². The fourth-order valence-corrected chi connectivity index (χ4v) is 8.46. The van der Waals surface area contributed by atoms with Crippen LogP contribution in [0.5, 0.6) is 0 Å². The molecule has 11 unspecified atom stereocenters. The topological polar surface area (TPSA) is 75.6 Å². The molecule has 11 atom stereocenters. The maximum Gasteiger partial charge on any atom is 0.173 e. The summed E-state index contributed by atoms with van der Waals surface area (Å²) in [7, 11) is 1.64. The van der Waals surface area contributed by atoms with E-state index in [1.165, 1.54) is 16.9 Å². The van der Waals surface area contributed by atoms with E-state index >= 15 is 0 Å². The van der Waals surface area contributed by atoms with Crippen molar-refractivity contribution in [3.8, 4) is 0 Å². The van der Waals surface area contributed by atoms with Gasteiger partial charge in [0.2, 0.25) is 0 Å². The van der Waals surface area contributed by atoms with E-state index in [2.05, 4.69) is 32.1 Å². The molecular weight excluding hydrogens is 448 g/mol. The van der Waals surface area contributed by atoms with Gasteiger partial charge >= 0.3 is 0 Å². The van der Waals surface area contributed by atoms with Crippen LogP contribution < -0.4 is 0 Å². The first kappa shape index (κ1) is 22.9. The number of hydrogen-bond donors (Lipinski definition) is 1. The molecule has 7 heteroatoms. The summed E-state index contributed by atoms with van der Waals surface area (Å²) in [6.45, 7) is 7.73. The average Bonchev–Trinajstić information content (AvgIpc) is 3.46. The van der Waals surface area contributed by atoms with E-state index in [0.29, 0.717) is 31.5 Å². The van der Waals surface area contributed by atoms with Gasteiger partial charge in [0.1, 0.15) is 18.0 Å². The van der Waals surface area contributed by atoms with E-state index in [1.54, 1.807) is 7.11 Å². The van der Waals surface area contributed by atoms with Gasteiger partial charge in [-0.1, -0.05) is 25.2 Å². The molecule has 4 aliphatic heterocycles. The lowest BCUT2D eigenvalue weighted by Gasteiger charge is -2.50. The van der Waals surface area contributed by atoms with Crippen LogP contribution in [-0.2, 0) is 28.4 Å². The van der Waals surface area contributed by atoms with Crippen molar-refractivity contribution in [2.45, 2.75) is 95.5 Å². The molecule has 0 aromatic carbocycles. The highest BCUT2D eigenvalue weighted by Crippen LogP contribution is 2.68. The molecule has 7 aliphatic rings. The molecule has 0 radical (unpaired) electrons. The van der Waals surface area contributed by atoms with Crippen LogP contribution in [0, 0.1) is 22.7 Å². The molecule has 192 valence electrons. The molecule has 4 heterocycles. The van der Waals surface area contributed by atoms with Gasteiger partial charge < -0.3 is 33.5 Å². The van der Waals surface area contributed by atoms with Gasteiger partial charge in [-0.15, -0.1) is 0 Å². The van der Waals surface area contributed by atoms with Crippen LogP contribution >= 0.6 is 0 Å². The summed E-state index contributed by atoms with van der Waals surface area (Å²) in [4.78, 5) is 0. The van der Waals surface area contributed by atoms with E-state index in [0.717, 1.165) is 25.7 Å². The van der Waals surface area contributed by atoms with Gasteiger partial charge in [-0.2, -0.15) is 0 Å². The van der Waals surface area contributed by atoms with Crippen molar-refractivity contribution in [2.75, 3.05) is 20.3 Å². The molecule has 4 fully saturated rings. The first-order chi connectivity index (χ1) is 16.8. The Labute approximate surface area is 207 Å². The molecule has 7 rings (SSSR count). The molecule has 0 amide bonds. The van der Waals surface area contributed by atoms with Crippen molar-refractivity contribution in [3.05, 3.63) is 35.1 Å². The van der Waals surface area contributed by atoms with Gasteiger partial charge in [0, 0.05) is 13.5 Å². The molecular formula is C28H38O7. The Morgan fingerprint density at radius 1 is 1.11 bits per heavy atom. The summed E-state index contributed by atoms with van der Waals surface area (Å²) in [5.74, 6) is 1.44. The summed E-state index contributed by atoms with van der Waals surface area (Å²) >= 11 is 0. The van der Waals surface area contributed by atoms with Crippen molar-refractivity contribution in [2.24, 2.45) is 22.7 Å². The number of allylic oxidation sites excluding steroid dienone is 4. The third kappa shape index (κ3) is 3.06. The van der Waals surface area contributed by atoms with E-state index in [4.69, 9.17) is 28.4 Å². The smallest absolute Gasteiger partial charge is 0.173 e. The maximum atomic E-state index is 10.3. The van der Waals surface area contributed by atoms with Crippen LogP contribution in [0.3, 0.4) is 0 Å². The molecule has 4 saturated heterocycles. The zero-order valence-corrected chi connectivity index (χ0v) is 21.2. The molecule has 0 aromatic heterocycles. The standard InChI is InChI=1S/C28H38O7/c1-15-23(29)20(30-4)12-22(33-15)34-17-7-9-26(2)16(11-17)5-6-18-19(26)8-10-28-14-32-27(3)24(28)21(13-31-27)35-25(18)28/h5-6,11,15,17,19-24,29H,7-10,12-14H2,1-4H3. The Hall–Kier alpha value is -1.22. The first-order valence-electron chi connectivity index (χ1n) is 13.4. The largest absolute Gasteiger partial charge is 0.491 e. The first-order valence-corrected chi connectivity index (χ1v) is 13.4. The summed E-state index contributed by atoms with van der Waals surface area (Å²) in [5.41, 5.74) is 2.80. The van der Waals surface area contributed by atoms with Gasteiger partial charge in [0.05, 0.1) is 42.9 Å². The van der Waals surface area contributed by atoms with Gasteiger partial charge in [-0.05, 0) is 62.0 Å². The van der Waals surface area contributed by atoms with Gasteiger partial charge in [-0.3, -0.25) is 0 Å². The van der Waals surface area contributed by atoms with E-state index in [1.807, 2.05) is 6.92 Å². The van der Waals surface area contributed by atoms with E-state index in [9.17, 15) is 5.11 Å². The fourth-order valence-electron chi connectivity index (χ4n) is 8.46. The second kappa shape index (κ2) is 7.65. The van der Waals surface area contributed by atoms with Crippen molar-refractivity contribution in [1.29, 1.82) is 0 Å². The molecule has 1 N–H and O–H groups in total. The highest BCUT2D eigenvalue weighted by Gasteiger charge is 2.72. The molecule has 0 bridgehead atoms. The number of rotatable bonds is 3. The molecule has 0 saturated carbocycles. The minimum Gasteiger partial charge on any atom is -0.491 e. The van der Waals surface area contributed by atoms with Crippen LogP contribution in [0.4, 0.5) is 0 Å². The van der Waals surface area contributed by atoms with Crippen LogP contribution in [0.25, 0.3) is 0 Å². The molecule has 3 aliphatic carbocycles. The molecule has 35 heavy (non-hydrogen) atoms. The minimum absolute atomic E-state index is 0.0000131. The van der Waals surface area contributed by atoms with Crippen LogP contribution in [0.15, 0.2) is 35.1 Å². The highest BCUT2D eigenvalue weighted by molar-refractivity contribution is 5.48. The SMILES string of the molecule is COC1CC(OC2C=C3C=CC4=C5OC6COC7(C)OCC5(CCC4C3(C)CC2)C67)OC(C)C1O. The lowest BCUT2D eigenvalue weighted by Crippen LogP contribution is -2.49. The monoisotopic (exact) mass is 486 g/mol. The number of aliphatic hydroxyl groups excluding tert-OH is 1. The van der Waals surface area contributed by atoms with Crippen molar-refractivity contribution in [1.82, 2.24) is 0 Å². The van der Waals surface area contributed by atoms with E-state index < -0.39 is 11.9 Å². The predicted octanol–water partition coefficient (Wildman–Crippen LogP) is 3.62. The number of methoxy groups -OCH3 is 1. The molecule has 7 nitrogen and oxygen atoms in total. The quantitative estimate of drug-likeness (QED) is 0.653. The Morgan fingerprint density at radius 2 is 1.97 bits per heavy atom. The van der Waals surface area contributed by atoms with Gasteiger partial charge in [-0.25, -0.2) is 0 Å². The number of ether oxygens (including phenoxy) is 6. The number of hydrogen-bond acceptors (Lipinski definition) is 7. The second-order valence-corrected chi connectivity index (χ2v) is 12.1. The Kier molecular flexibility index (Phi) is 5.01. The predicted molar refractivity (Wildman–Crippen MR) is 126 cm³/mol. The lowest BCUT2D eigenvalue weighted by molar-refractivity contribution is -0.259. The Bertz CT molecular complexity index is 1000. The molecule has 1 spiro atoms. The lowest BCUT2D eigenvalue weighted by atomic mass is 9.54. The number of aliphatic hydroxyl groups is 1. The third-order valence-electron chi connectivity index (χ3n) is 10.4. The summed E-state index contributed by atoms with van der Waals surface area (Å²) in [6.07, 6.45) is 10.3. The maximum absolute atomic E-state index is 10.3. The Morgan fingerprint density at radius 3 is 2.80 bits per heavy atom. The Balaban J connectivity index is 1.16. The zero-order chi connectivity index (χ0) is 24.2. The number of fused-ring (bicyclic) bond motifs is 3. The summed E-state index contributed by atoms with van der Waals surface area (Å²) in [6, 6.07) is 0. The summed E-state index contributed by atoms with van der Waals surface area (Å²) in [5, 5.41) is 10.3. The van der Waals surface area contributed by atoms with Crippen molar-refractivity contribution >= 4 is 0 Å². The highest BCUT2D eigenvalue weighted by atomic mass is 16.7. The average molecular weight is 487 g/mol. The van der Waals surface area contributed by atoms with Gasteiger partial charge in [0.25, 0.3) is 0 Å². The van der Waals surface area contributed by atoms with Crippen molar-refractivity contribution in [3.63, 3.8) is 0 Å². The van der Waals surface area contributed by atoms with Crippen molar-refractivity contribution < 1.29 is 33.5 Å². The summed E-state index contributed by atoms with van der Waals surface area (Å²) < 4.78 is 36.8. The molecule has 0 aromatic rings. The van der Waals surface area contributed by atoms with Crippen LogP contribution in [-0.4, -0.2) is 68.0 Å². The zero-order valence-electron chi connectivity index (χ0n) is 21.2. The van der Waals surface area contributed by atoms with Crippen LogP contribution in [0.1, 0.15) is 52.9 Å². The normalized spacial score (nSPS) is 54.0. The van der Waals surface area contributed by atoms with Crippen LogP contribution in [0.2, 0.25) is 0 Å². The third-order valence-corrected chi connectivity index (χ3v) is 10.4. The second-order valence-electron chi connectivity index (χ2n) is 12.1.